The van der Waals surface area contributed by atoms with Gasteiger partial charge in [-0.15, -0.1) is 0 Å². The maximum atomic E-state index is 13.4. The summed E-state index contributed by atoms with van der Waals surface area (Å²) in [7, 11) is 0. The van der Waals surface area contributed by atoms with Crippen LogP contribution in [-0.4, -0.2) is 30.9 Å². The number of ether oxygens (including phenoxy) is 2. The monoisotopic (exact) mass is 384 g/mol. The number of amides is 1. The SMILES string of the molecule is C[C@H](NC(=O)[C@H]1CC(c2cccc(F)c2)=NO1)c1ccc2c(c1)OCCCO2. The van der Waals surface area contributed by atoms with Gasteiger partial charge in [0.05, 0.1) is 25.0 Å². The zero-order valence-electron chi connectivity index (χ0n) is 15.5. The van der Waals surface area contributed by atoms with Gasteiger partial charge in [-0.3, -0.25) is 4.79 Å². The van der Waals surface area contributed by atoms with Crippen LogP contribution in [0.1, 0.15) is 36.9 Å². The Bertz CT molecular complexity index is 915. The van der Waals surface area contributed by atoms with Gasteiger partial charge >= 0.3 is 0 Å². The normalized spacial score (nSPS) is 19.2. The van der Waals surface area contributed by atoms with Crippen LogP contribution < -0.4 is 14.8 Å². The molecule has 146 valence electrons. The van der Waals surface area contributed by atoms with Gasteiger partial charge in [-0.25, -0.2) is 4.39 Å². The molecule has 0 bridgehead atoms. The first kappa shape index (κ1) is 18.3. The fourth-order valence-corrected chi connectivity index (χ4v) is 3.20. The molecule has 2 aliphatic rings. The van der Waals surface area contributed by atoms with E-state index < -0.39 is 6.10 Å². The summed E-state index contributed by atoms with van der Waals surface area (Å²) in [4.78, 5) is 17.9. The van der Waals surface area contributed by atoms with E-state index in [1.54, 1.807) is 12.1 Å². The average molecular weight is 384 g/mol. The van der Waals surface area contributed by atoms with Gasteiger partial charge in [0.2, 0.25) is 6.10 Å². The zero-order chi connectivity index (χ0) is 19.5. The van der Waals surface area contributed by atoms with Gasteiger partial charge in [-0.2, -0.15) is 0 Å². The first-order valence-electron chi connectivity index (χ1n) is 9.29. The predicted molar refractivity (Wildman–Crippen MR) is 101 cm³/mol. The fourth-order valence-electron chi connectivity index (χ4n) is 3.20. The van der Waals surface area contributed by atoms with Gasteiger partial charge < -0.3 is 19.6 Å². The summed E-state index contributed by atoms with van der Waals surface area (Å²) in [5.74, 6) is 0.780. The van der Waals surface area contributed by atoms with Crippen molar-refractivity contribution in [2.24, 2.45) is 5.16 Å². The molecule has 2 heterocycles. The molecule has 0 saturated carbocycles. The molecular weight excluding hydrogens is 363 g/mol. The molecule has 0 fully saturated rings. The predicted octanol–water partition coefficient (Wildman–Crippen LogP) is 3.36. The summed E-state index contributed by atoms with van der Waals surface area (Å²) in [5.41, 5.74) is 2.08. The van der Waals surface area contributed by atoms with Crippen molar-refractivity contribution >= 4 is 11.6 Å². The van der Waals surface area contributed by atoms with E-state index >= 15 is 0 Å². The highest BCUT2D eigenvalue weighted by atomic mass is 19.1. The number of nitrogens with one attached hydrogen (secondary N) is 1. The van der Waals surface area contributed by atoms with E-state index in [0.717, 1.165) is 12.0 Å². The highest BCUT2D eigenvalue weighted by molar-refractivity contribution is 6.04. The molecule has 0 aromatic heterocycles. The second-order valence-corrected chi connectivity index (χ2v) is 6.83. The lowest BCUT2D eigenvalue weighted by atomic mass is 10.0. The van der Waals surface area contributed by atoms with E-state index in [9.17, 15) is 9.18 Å². The van der Waals surface area contributed by atoms with Crippen LogP contribution in [0.4, 0.5) is 4.39 Å². The van der Waals surface area contributed by atoms with Crippen molar-refractivity contribution in [3.63, 3.8) is 0 Å². The number of fused-ring (bicyclic) bond motifs is 1. The Labute approximate surface area is 162 Å². The van der Waals surface area contributed by atoms with Gasteiger partial charge in [0.15, 0.2) is 11.5 Å². The molecule has 0 saturated heterocycles. The summed E-state index contributed by atoms with van der Waals surface area (Å²) in [5, 5.41) is 6.89. The van der Waals surface area contributed by atoms with E-state index in [4.69, 9.17) is 14.3 Å². The van der Waals surface area contributed by atoms with Gasteiger partial charge in [0.25, 0.3) is 5.91 Å². The lowest BCUT2D eigenvalue weighted by molar-refractivity contribution is -0.131. The number of oxime groups is 1. The quantitative estimate of drug-likeness (QED) is 0.878. The fraction of sp³-hybridized carbons (Fsp3) is 0.333. The maximum absolute atomic E-state index is 13.4. The van der Waals surface area contributed by atoms with E-state index in [1.807, 2.05) is 25.1 Å². The summed E-state index contributed by atoms with van der Waals surface area (Å²) in [6.45, 7) is 3.12. The number of halogens is 1. The van der Waals surface area contributed by atoms with Crippen molar-refractivity contribution in [1.29, 1.82) is 0 Å². The summed E-state index contributed by atoms with van der Waals surface area (Å²) in [6.07, 6.45) is 0.396. The van der Waals surface area contributed by atoms with Crippen molar-refractivity contribution in [1.82, 2.24) is 5.32 Å². The highest BCUT2D eigenvalue weighted by Crippen LogP contribution is 2.32. The van der Waals surface area contributed by atoms with Crippen molar-refractivity contribution in [3.05, 3.63) is 59.4 Å². The molecule has 6 nitrogen and oxygen atoms in total. The number of carbonyl (C=O) groups excluding carboxylic acids is 1. The van der Waals surface area contributed by atoms with Gasteiger partial charge in [0.1, 0.15) is 5.82 Å². The van der Waals surface area contributed by atoms with E-state index in [-0.39, 0.29) is 17.8 Å². The third-order valence-corrected chi connectivity index (χ3v) is 4.75. The number of hydrogen-bond donors (Lipinski definition) is 1. The van der Waals surface area contributed by atoms with Crippen LogP contribution in [0.2, 0.25) is 0 Å². The molecule has 0 spiro atoms. The molecule has 2 aliphatic heterocycles. The molecule has 1 N–H and O–H groups in total. The smallest absolute Gasteiger partial charge is 0.264 e. The lowest BCUT2D eigenvalue weighted by Gasteiger charge is -2.18. The maximum Gasteiger partial charge on any atom is 0.264 e. The molecule has 1 amide bonds. The van der Waals surface area contributed by atoms with E-state index in [1.165, 1.54) is 12.1 Å². The van der Waals surface area contributed by atoms with E-state index in [0.29, 0.717) is 42.4 Å². The number of benzene rings is 2. The van der Waals surface area contributed by atoms with Crippen LogP contribution in [0.25, 0.3) is 0 Å². The van der Waals surface area contributed by atoms with E-state index in [2.05, 4.69) is 10.5 Å². The number of carbonyl (C=O) groups is 1. The molecule has 2 atom stereocenters. The first-order valence-corrected chi connectivity index (χ1v) is 9.29. The number of nitrogens with zero attached hydrogens (tertiary/aromatic N) is 1. The Morgan fingerprint density at radius 1 is 1.18 bits per heavy atom. The van der Waals surface area contributed by atoms with Crippen LogP contribution in [0.5, 0.6) is 11.5 Å². The third kappa shape index (κ3) is 3.93. The minimum Gasteiger partial charge on any atom is -0.490 e. The Balaban J connectivity index is 1.38. The number of hydrogen-bond acceptors (Lipinski definition) is 5. The van der Waals surface area contributed by atoms with Crippen LogP contribution in [0.3, 0.4) is 0 Å². The summed E-state index contributed by atoms with van der Waals surface area (Å²) in [6, 6.07) is 11.5. The second-order valence-electron chi connectivity index (χ2n) is 6.83. The Kier molecular flexibility index (Phi) is 5.14. The molecule has 2 aromatic rings. The Morgan fingerprint density at radius 2 is 2.00 bits per heavy atom. The summed E-state index contributed by atoms with van der Waals surface area (Å²) < 4.78 is 24.7. The van der Waals surface area contributed by atoms with Crippen molar-refractivity contribution in [2.45, 2.75) is 31.9 Å². The lowest BCUT2D eigenvalue weighted by Crippen LogP contribution is -2.36. The third-order valence-electron chi connectivity index (χ3n) is 4.75. The molecule has 28 heavy (non-hydrogen) atoms. The van der Waals surface area contributed by atoms with Crippen LogP contribution in [-0.2, 0) is 9.63 Å². The largest absolute Gasteiger partial charge is 0.490 e. The second kappa shape index (κ2) is 7.88. The molecule has 0 unspecified atom stereocenters. The zero-order valence-corrected chi connectivity index (χ0v) is 15.5. The first-order chi connectivity index (χ1) is 13.6. The number of rotatable bonds is 4. The van der Waals surface area contributed by atoms with Crippen molar-refractivity contribution in [2.75, 3.05) is 13.2 Å². The van der Waals surface area contributed by atoms with Crippen LogP contribution in [0.15, 0.2) is 47.6 Å². The average Bonchev–Trinajstić information content (AvgIpc) is 3.07. The molecule has 4 rings (SSSR count). The molecule has 2 aromatic carbocycles. The van der Waals surface area contributed by atoms with Gasteiger partial charge in [0, 0.05) is 18.4 Å². The molecular formula is C21H21FN2O4. The molecule has 7 heteroatoms. The highest BCUT2D eigenvalue weighted by Gasteiger charge is 2.30. The molecule has 0 radical (unpaired) electrons. The van der Waals surface area contributed by atoms with Gasteiger partial charge in [-0.05, 0) is 36.8 Å². The minimum atomic E-state index is -0.735. The minimum absolute atomic E-state index is 0.244. The standard InChI is InChI=1S/C21H21FN2O4/c1-13(14-6-7-18-19(11-14)27-9-3-8-26-18)23-21(25)20-12-17(24-28-20)15-4-2-5-16(22)10-15/h2,4-7,10-11,13,20H,3,8-9,12H2,1H3,(H,23,25)/t13-,20+/m0/s1. The Hall–Kier alpha value is -3.09. The van der Waals surface area contributed by atoms with Crippen molar-refractivity contribution in [3.8, 4) is 11.5 Å². The van der Waals surface area contributed by atoms with Crippen molar-refractivity contribution < 1.29 is 23.5 Å². The van der Waals surface area contributed by atoms with Crippen LogP contribution >= 0.6 is 0 Å². The Morgan fingerprint density at radius 3 is 2.82 bits per heavy atom. The topological polar surface area (TPSA) is 69.2 Å². The van der Waals surface area contributed by atoms with Gasteiger partial charge in [-0.1, -0.05) is 23.4 Å². The summed E-state index contributed by atoms with van der Waals surface area (Å²) >= 11 is 0. The van der Waals surface area contributed by atoms with Crippen LogP contribution in [0, 0.1) is 5.82 Å². The molecule has 0 aliphatic carbocycles.